The molecule has 0 aliphatic rings. The Morgan fingerprint density at radius 3 is 1.71 bits per heavy atom. The molecule has 0 spiro atoms. The maximum atomic E-state index is 3.86. The minimum atomic E-state index is 1.22. The first-order valence-corrected chi connectivity index (χ1v) is 12.3. The second-order valence-electron chi connectivity index (χ2n) is 8.54. The molecule has 28 heavy (non-hydrogen) atoms. The van der Waals surface area contributed by atoms with E-state index >= 15 is 0 Å². The highest BCUT2D eigenvalue weighted by Crippen LogP contribution is 2.30. The highest BCUT2D eigenvalue weighted by atomic mass is 14.2. The molecule has 0 saturated carbocycles. The summed E-state index contributed by atoms with van der Waals surface area (Å²) >= 11 is 0. The van der Waals surface area contributed by atoms with E-state index in [1.807, 2.05) is 0 Å². The van der Waals surface area contributed by atoms with E-state index in [0.717, 1.165) is 0 Å². The van der Waals surface area contributed by atoms with Crippen LogP contribution in [0.25, 0.3) is 10.8 Å². The van der Waals surface area contributed by atoms with E-state index in [1.54, 1.807) is 11.1 Å². The molecule has 0 aliphatic carbocycles. The van der Waals surface area contributed by atoms with Gasteiger partial charge in [0.15, 0.2) is 0 Å². The van der Waals surface area contributed by atoms with Crippen molar-refractivity contribution in [3.63, 3.8) is 0 Å². The first kappa shape index (κ1) is 23.0. The number of rotatable bonds is 15. The first-order valence-electron chi connectivity index (χ1n) is 12.3. The minimum absolute atomic E-state index is 1.22. The summed E-state index contributed by atoms with van der Waals surface area (Å²) in [6.07, 6.45) is 19.9. The van der Waals surface area contributed by atoms with E-state index in [4.69, 9.17) is 0 Å². The number of benzene rings is 2. The Morgan fingerprint density at radius 1 is 0.571 bits per heavy atom. The van der Waals surface area contributed by atoms with Gasteiger partial charge >= 0.3 is 0 Å². The monoisotopic (exact) mass is 379 g/mol. The van der Waals surface area contributed by atoms with Crippen molar-refractivity contribution in [1.29, 1.82) is 0 Å². The topological polar surface area (TPSA) is 0 Å². The Balaban J connectivity index is 2.29. The van der Waals surface area contributed by atoms with Crippen molar-refractivity contribution in [3.05, 3.63) is 47.0 Å². The molecule has 0 unspecified atom stereocenters. The van der Waals surface area contributed by atoms with E-state index in [1.165, 1.54) is 113 Å². The largest absolute Gasteiger partial charge is 0.0654 e. The summed E-state index contributed by atoms with van der Waals surface area (Å²) in [6.45, 7) is 6.91. The van der Waals surface area contributed by atoms with Gasteiger partial charge in [0.1, 0.15) is 0 Å². The number of unbranched alkanes of at least 4 members (excludes halogenated alkanes) is 9. The normalized spacial score (nSPS) is 11.4. The van der Waals surface area contributed by atoms with Crippen LogP contribution in [-0.2, 0) is 19.3 Å². The Hall–Kier alpha value is -1.30. The van der Waals surface area contributed by atoms with Crippen LogP contribution in [0.5, 0.6) is 0 Å². The molecule has 2 aromatic rings. The molecule has 0 nitrogen and oxygen atoms in total. The summed E-state index contributed by atoms with van der Waals surface area (Å²) in [5.74, 6) is 0. The zero-order valence-corrected chi connectivity index (χ0v) is 18.9. The minimum Gasteiger partial charge on any atom is -0.0654 e. The smallest absolute Gasteiger partial charge is 0.00612 e. The fourth-order valence-electron chi connectivity index (χ4n) is 4.42. The molecule has 2 rings (SSSR count). The lowest BCUT2D eigenvalue weighted by molar-refractivity contribution is 0.641. The molecule has 0 aliphatic heterocycles. The summed E-state index contributed by atoms with van der Waals surface area (Å²) in [4.78, 5) is 0. The van der Waals surface area contributed by atoms with Crippen LogP contribution in [0, 0.1) is 6.07 Å². The predicted octanol–water partition coefficient (Wildman–Crippen LogP) is 9.01. The second kappa shape index (κ2) is 13.8. The third kappa shape index (κ3) is 7.26. The Kier molecular flexibility index (Phi) is 11.3. The lowest BCUT2D eigenvalue weighted by Crippen LogP contribution is -2.04. The van der Waals surface area contributed by atoms with Gasteiger partial charge in [0, 0.05) is 0 Å². The summed E-state index contributed by atoms with van der Waals surface area (Å²) in [7, 11) is 0. The van der Waals surface area contributed by atoms with Gasteiger partial charge in [-0.05, 0) is 72.1 Å². The van der Waals surface area contributed by atoms with Crippen molar-refractivity contribution in [1.82, 2.24) is 0 Å². The summed E-state index contributed by atoms with van der Waals surface area (Å²) in [5.41, 5.74) is 4.87. The van der Waals surface area contributed by atoms with Crippen molar-refractivity contribution >= 4 is 10.8 Å². The molecule has 0 atom stereocenters. The van der Waals surface area contributed by atoms with Crippen molar-refractivity contribution in [2.75, 3.05) is 0 Å². The zero-order chi connectivity index (χ0) is 20.0. The molecule has 1 radical (unpaired) electrons. The van der Waals surface area contributed by atoms with Crippen molar-refractivity contribution in [2.24, 2.45) is 0 Å². The van der Waals surface area contributed by atoms with E-state index < -0.39 is 0 Å². The van der Waals surface area contributed by atoms with Gasteiger partial charge in [0.05, 0.1) is 0 Å². The van der Waals surface area contributed by atoms with Crippen LogP contribution in [0.1, 0.15) is 115 Å². The predicted molar refractivity (Wildman–Crippen MR) is 126 cm³/mol. The fraction of sp³-hybridized carbons (Fsp3) is 0.643. The number of hydrogen-bond donors (Lipinski definition) is 0. The summed E-state index contributed by atoms with van der Waals surface area (Å²) in [5, 5.41) is 2.82. The van der Waals surface area contributed by atoms with Gasteiger partial charge in [0.25, 0.3) is 0 Å². The van der Waals surface area contributed by atoms with Crippen molar-refractivity contribution in [2.45, 2.75) is 117 Å². The summed E-state index contributed by atoms with van der Waals surface area (Å²) < 4.78 is 0. The molecule has 155 valence electrons. The molecule has 0 N–H and O–H groups in total. The molecule has 0 fully saturated rings. The highest BCUT2D eigenvalue weighted by Gasteiger charge is 2.13. The standard InChI is InChI=1S/C28H43/c1-4-7-10-13-18-24-23-25-19-16-17-21-27(25)28(22-15-12-9-6-3)26(24)20-14-11-8-5-2/h16-17,19,21H,4-15,18,20,22H2,1-3H3. The van der Waals surface area contributed by atoms with Crippen molar-refractivity contribution in [3.8, 4) is 0 Å². The third-order valence-corrected chi connectivity index (χ3v) is 6.11. The van der Waals surface area contributed by atoms with Crippen LogP contribution in [0.3, 0.4) is 0 Å². The molecule has 2 aromatic carbocycles. The molecule has 0 bridgehead atoms. The highest BCUT2D eigenvalue weighted by molar-refractivity contribution is 5.87. The Labute approximate surface area is 175 Å². The van der Waals surface area contributed by atoms with Crippen molar-refractivity contribution < 1.29 is 0 Å². The van der Waals surface area contributed by atoms with Crippen LogP contribution < -0.4 is 0 Å². The number of hydrogen-bond acceptors (Lipinski definition) is 0. The first-order chi connectivity index (χ1) is 13.8. The van der Waals surface area contributed by atoms with Crippen LogP contribution in [0.15, 0.2) is 24.3 Å². The number of fused-ring (bicyclic) bond motifs is 1. The average molecular weight is 380 g/mol. The maximum absolute atomic E-state index is 3.86. The molecule has 0 heterocycles. The Morgan fingerprint density at radius 2 is 1.11 bits per heavy atom. The summed E-state index contributed by atoms with van der Waals surface area (Å²) in [6, 6.07) is 12.9. The number of aryl methyl sites for hydroxylation is 2. The Bertz CT molecular complexity index is 667. The molecular formula is C28H43. The molecule has 0 aromatic heterocycles. The second-order valence-corrected chi connectivity index (χ2v) is 8.54. The van der Waals surface area contributed by atoms with Gasteiger partial charge in [-0.3, -0.25) is 0 Å². The van der Waals surface area contributed by atoms with Crippen LogP contribution in [0.4, 0.5) is 0 Å². The van der Waals surface area contributed by atoms with Gasteiger partial charge in [0.2, 0.25) is 0 Å². The zero-order valence-electron chi connectivity index (χ0n) is 18.9. The van der Waals surface area contributed by atoms with Gasteiger partial charge in [-0.15, -0.1) is 0 Å². The van der Waals surface area contributed by atoms with Gasteiger partial charge in [-0.1, -0.05) is 103 Å². The molecular weight excluding hydrogens is 336 g/mol. The van der Waals surface area contributed by atoms with E-state index in [0.29, 0.717) is 0 Å². The third-order valence-electron chi connectivity index (χ3n) is 6.11. The van der Waals surface area contributed by atoms with E-state index in [9.17, 15) is 0 Å². The SMILES string of the molecule is CCCCCCc1[c]c2ccccc2c(CCCCCC)c1CCCCCC. The van der Waals surface area contributed by atoms with Crippen LogP contribution >= 0.6 is 0 Å². The molecule has 0 heteroatoms. The maximum Gasteiger partial charge on any atom is -0.00612 e. The van der Waals surface area contributed by atoms with Crippen LogP contribution in [-0.4, -0.2) is 0 Å². The molecule has 0 amide bonds. The molecule has 0 saturated heterocycles. The average Bonchev–Trinajstić information content (AvgIpc) is 2.72. The fourth-order valence-corrected chi connectivity index (χ4v) is 4.42. The van der Waals surface area contributed by atoms with Crippen LogP contribution in [0.2, 0.25) is 0 Å². The van der Waals surface area contributed by atoms with Gasteiger partial charge in [-0.25, -0.2) is 0 Å². The van der Waals surface area contributed by atoms with Gasteiger partial charge < -0.3 is 0 Å². The van der Waals surface area contributed by atoms with Gasteiger partial charge in [-0.2, -0.15) is 0 Å². The lowest BCUT2D eigenvalue weighted by Gasteiger charge is -2.18. The lowest BCUT2D eigenvalue weighted by atomic mass is 9.86. The van der Waals surface area contributed by atoms with E-state index in [2.05, 4.69) is 51.1 Å². The quantitative estimate of drug-likeness (QED) is 0.271. The van der Waals surface area contributed by atoms with E-state index in [-0.39, 0.29) is 0 Å².